The van der Waals surface area contributed by atoms with Gasteiger partial charge in [0.15, 0.2) is 9.84 Å². The van der Waals surface area contributed by atoms with Crippen LogP contribution in [0.25, 0.3) is 0 Å². The van der Waals surface area contributed by atoms with Gasteiger partial charge in [-0.1, -0.05) is 36.4 Å². The first-order valence-electron chi connectivity index (χ1n) is 6.44. The molecule has 3 N–H and O–H groups in total. The molecule has 0 fully saturated rings. The number of nitrogens with one attached hydrogen (secondary N) is 1. The van der Waals surface area contributed by atoms with E-state index in [1.165, 1.54) is 12.1 Å². The molecule has 0 saturated carbocycles. The lowest BCUT2D eigenvalue weighted by Crippen LogP contribution is -2.28. The quantitative estimate of drug-likeness (QED) is 0.491. The molecule has 0 aliphatic rings. The summed E-state index contributed by atoms with van der Waals surface area (Å²) in [5.41, 5.74) is 8.22. The molecule has 0 heterocycles. The Hall–Kier alpha value is -2.67. The molecule has 0 saturated heterocycles. The van der Waals surface area contributed by atoms with E-state index in [4.69, 9.17) is 5.73 Å². The fourth-order valence-corrected chi connectivity index (χ4v) is 2.91. The zero-order valence-electron chi connectivity index (χ0n) is 11.6. The van der Waals surface area contributed by atoms with Gasteiger partial charge in [0.2, 0.25) is 0 Å². The van der Waals surface area contributed by atoms with Gasteiger partial charge >= 0.3 is 0 Å². The van der Waals surface area contributed by atoms with Crippen molar-refractivity contribution in [1.29, 1.82) is 0 Å². The van der Waals surface area contributed by atoms with Gasteiger partial charge in [0.05, 0.1) is 4.90 Å². The number of nitrogens with two attached hydrogens (primary N) is 1. The van der Waals surface area contributed by atoms with E-state index in [1.54, 1.807) is 48.5 Å². The number of nitrogens with zero attached hydrogens (tertiary/aromatic N) is 1. The third-order valence-corrected chi connectivity index (χ3v) is 4.44. The molecular weight excluding hydrogens is 302 g/mol. The summed E-state index contributed by atoms with van der Waals surface area (Å²) in [5, 5.41) is 3.63. The van der Waals surface area contributed by atoms with Crippen LogP contribution in [0.3, 0.4) is 0 Å². The number of hydrogen-bond acceptors (Lipinski definition) is 4. The van der Waals surface area contributed by atoms with Gasteiger partial charge in [0, 0.05) is 5.56 Å². The van der Waals surface area contributed by atoms with Crippen LogP contribution in [0, 0.1) is 0 Å². The molecule has 0 unspecified atom stereocenters. The predicted molar refractivity (Wildman–Crippen MR) is 84.0 cm³/mol. The molecule has 114 valence electrons. The fraction of sp³-hybridized carbons (Fsp3) is 0.0667. The van der Waals surface area contributed by atoms with E-state index >= 15 is 0 Å². The second-order valence-electron chi connectivity index (χ2n) is 4.48. The van der Waals surface area contributed by atoms with E-state index in [2.05, 4.69) is 10.5 Å². The Bertz CT molecular complexity index is 772. The molecule has 0 atom stereocenters. The molecule has 0 bridgehead atoms. The van der Waals surface area contributed by atoms with Crippen LogP contribution in [-0.2, 0) is 9.84 Å². The largest absolute Gasteiger partial charge is 0.385 e. The highest BCUT2D eigenvalue weighted by atomic mass is 32.2. The van der Waals surface area contributed by atoms with E-state index in [9.17, 15) is 13.2 Å². The lowest BCUT2D eigenvalue weighted by atomic mass is 10.2. The van der Waals surface area contributed by atoms with Crippen molar-refractivity contribution in [3.63, 3.8) is 0 Å². The van der Waals surface area contributed by atoms with Crippen LogP contribution in [0.4, 0.5) is 0 Å². The molecule has 22 heavy (non-hydrogen) atoms. The van der Waals surface area contributed by atoms with Gasteiger partial charge in [0.25, 0.3) is 5.91 Å². The van der Waals surface area contributed by atoms with Crippen LogP contribution in [0.1, 0.15) is 10.4 Å². The summed E-state index contributed by atoms with van der Waals surface area (Å²) in [4.78, 5) is 11.9. The minimum atomic E-state index is -3.58. The molecule has 2 rings (SSSR count). The van der Waals surface area contributed by atoms with Gasteiger partial charge in [-0.15, -0.1) is 0 Å². The number of carbonyl (C=O) groups excluding carboxylic acids is 1. The van der Waals surface area contributed by atoms with Crippen molar-refractivity contribution in [3.05, 3.63) is 66.2 Å². The predicted octanol–water partition coefficient (Wildman–Crippen LogP) is 1.16. The van der Waals surface area contributed by atoms with E-state index in [1.807, 2.05) is 0 Å². The second-order valence-corrected chi connectivity index (χ2v) is 6.47. The normalized spacial score (nSPS) is 11.9. The lowest BCUT2D eigenvalue weighted by molar-refractivity contribution is 0.0954. The summed E-state index contributed by atoms with van der Waals surface area (Å²) in [6.07, 6.45) is 0. The molecule has 2 aromatic carbocycles. The van der Waals surface area contributed by atoms with Crippen molar-refractivity contribution in [2.24, 2.45) is 10.8 Å². The van der Waals surface area contributed by atoms with Crippen LogP contribution in [-0.4, -0.2) is 25.9 Å². The minimum absolute atomic E-state index is 0.155. The number of amides is 1. The summed E-state index contributed by atoms with van der Waals surface area (Å²) in [7, 11) is -3.58. The summed E-state index contributed by atoms with van der Waals surface area (Å²) in [6.45, 7) is 0. The summed E-state index contributed by atoms with van der Waals surface area (Å²) >= 11 is 0. The van der Waals surface area contributed by atoms with E-state index < -0.39 is 21.5 Å². The van der Waals surface area contributed by atoms with E-state index in [0.29, 0.717) is 5.56 Å². The maximum Gasteiger partial charge on any atom is 0.271 e. The van der Waals surface area contributed by atoms with Crippen molar-refractivity contribution in [2.45, 2.75) is 4.90 Å². The topological polar surface area (TPSA) is 102 Å². The Morgan fingerprint density at radius 2 is 1.55 bits per heavy atom. The van der Waals surface area contributed by atoms with Gasteiger partial charge < -0.3 is 5.73 Å². The van der Waals surface area contributed by atoms with E-state index in [-0.39, 0.29) is 10.7 Å². The summed E-state index contributed by atoms with van der Waals surface area (Å²) in [6, 6.07) is 16.3. The molecule has 0 aliphatic heterocycles. The number of hydrogen-bond donors (Lipinski definition) is 2. The Labute approximate surface area is 128 Å². The van der Waals surface area contributed by atoms with Crippen molar-refractivity contribution in [3.8, 4) is 0 Å². The van der Waals surface area contributed by atoms with Crippen LogP contribution < -0.4 is 11.2 Å². The van der Waals surface area contributed by atoms with E-state index in [0.717, 1.165) is 0 Å². The monoisotopic (exact) mass is 317 g/mol. The molecule has 7 heteroatoms. The fourth-order valence-electron chi connectivity index (χ4n) is 1.71. The Morgan fingerprint density at radius 3 is 2.14 bits per heavy atom. The summed E-state index contributed by atoms with van der Waals surface area (Å²) < 4.78 is 24.2. The number of amidine groups is 1. The second kappa shape index (κ2) is 6.86. The third kappa shape index (κ3) is 4.16. The average molecular weight is 317 g/mol. The standard InChI is InChI=1S/C15H15N3O3S/c16-14(11-22(20,21)13-9-5-2-6-10-13)17-18-15(19)12-7-3-1-4-8-12/h1-10H,11H2,(H2,16,17)(H,18,19). The van der Waals surface area contributed by atoms with Crippen LogP contribution in [0.5, 0.6) is 0 Å². The molecule has 0 radical (unpaired) electrons. The SMILES string of the molecule is NC(CS(=O)(=O)c1ccccc1)=NNC(=O)c1ccccc1. The molecule has 0 aliphatic carbocycles. The molecule has 2 aromatic rings. The third-order valence-electron chi connectivity index (χ3n) is 2.78. The van der Waals surface area contributed by atoms with Crippen LogP contribution >= 0.6 is 0 Å². The number of carbonyl (C=O) groups is 1. The van der Waals surface area contributed by atoms with Gasteiger partial charge in [-0.25, -0.2) is 13.8 Å². The first kappa shape index (κ1) is 15.7. The highest BCUT2D eigenvalue weighted by molar-refractivity contribution is 7.92. The molecule has 0 spiro atoms. The minimum Gasteiger partial charge on any atom is -0.385 e. The van der Waals surface area contributed by atoms with Crippen molar-refractivity contribution in [1.82, 2.24) is 5.43 Å². The van der Waals surface area contributed by atoms with Crippen molar-refractivity contribution in [2.75, 3.05) is 5.75 Å². The number of hydrazone groups is 1. The molecule has 0 aromatic heterocycles. The van der Waals surface area contributed by atoms with Crippen molar-refractivity contribution < 1.29 is 13.2 Å². The number of benzene rings is 2. The van der Waals surface area contributed by atoms with Gasteiger partial charge in [-0.3, -0.25) is 4.79 Å². The van der Waals surface area contributed by atoms with Crippen molar-refractivity contribution >= 4 is 21.6 Å². The smallest absolute Gasteiger partial charge is 0.271 e. The summed E-state index contributed by atoms with van der Waals surface area (Å²) in [5.74, 6) is -1.11. The average Bonchev–Trinajstić information content (AvgIpc) is 2.54. The van der Waals surface area contributed by atoms with Gasteiger partial charge in [-0.2, -0.15) is 5.10 Å². The highest BCUT2D eigenvalue weighted by Crippen LogP contribution is 2.09. The first-order valence-corrected chi connectivity index (χ1v) is 8.09. The van der Waals surface area contributed by atoms with Crippen LogP contribution in [0.15, 0.2) is 70.7 Å². The molecular formula is C15H15N3O3S. The lowest BCUT2D eigenvalue weighted by Gasteiger charge is -2.05. The Balaban J connectivity index is 2.03. The molecule has 1 amide bonds. The maximum atomic E-state index is 12.1. The van der Waals surface area contributed by atoms with Crippen LogP contribution in [0.2, 0.25) is 0 Å². The zero-order chi connectivity index (χ0) is 16.0. The zero-order valence-corrected chi connectivity index (χ0v) is 12.5. The Kier molecular flexibility index (Phi) is 4.90. The highest BCUT2D eigenvalue weighted by Gasteiger charge is 2.16. The number of sulfone groups is 1. The first-order chi connectivity index (χ1) is 10.5. The number of rotatable bonds is 5. The Morgan fingerprint density at radius 1 is 1.00 bits per heavy atom. The molecule has 6 nitrogen and oxygen atoms in total. The van der Waals surface area contributed by atoms with Gasteiger partial charge in [-0.05, 0) is 24.3 Å². The van der Waals surface area contributed by atoms with Gasteiger partial charge in [0.1, 0.15) is 11.6 Å². The maximum absolute atomic E-state index is 12.1.